The molecule has 0 aliphatic carbocycles. The molecule has 108 valence electrons. The molecule has 0 aliphatic heterocycles. The number of ether oxygens (including phenoxy) is 1. The SMILES string of the molecule is CCC(N)C(Oc1cc(F)ccc1C)c1cnn(C)c1. The summed E-state index contributed by atoms with van der Waals surface area (Å²) in [5, 5.41) is 4.14. The lowest BCUT2D eigenvalue weighted by atomic mass is 10.0. The fourth-order valence-electron chi connectivity index (χ4n) is 2.04. The van der Waals surface area contributed by atoms with Crippen molar-refractivity contribution < 1.29 is 9.13 Å². The van der Waals surface area contributed by atoms with Crippen LogP contribution in [0.3, 0.4) is 0 Å². The number of aryl methyl sites for hydroxylation is 2. The van der Waals surface area contributed by atoms with Crippen molar-refractivity contribution in [2.45, 2.75) is 32.4 Å². The number of aromatic nitrogens is 2. The van der Waals surface area contributed by atoms with E-state index in [-0.39, 0.29) is 18.0 Å². The Labute approximate surface area is 118 Å². The summed E-state index contributed by atoms with van der Waals surface area (Å²) in [6.45, 7) is 3.88. The first kappa shape index (κ1) is 14.5. The van der Waals surface area contributed by atoms with Crippen LogP contribution in [0.1, 0.15) is 30.6 Å². The zero-order valence-corrected chi connectivity index (χ0v) is 12.0. The molecule has 0 bridgehead atoms. The Bertz CT molecular complexity index is 582. The Morgan fingerprint density at radius 2 is 2.20 bits per heavy atom. The van der Waals surface area contributed by atoms with Gasteiger partial charge in [0.15, 0.2) is 0 Å². The van der Waals surface area contributed by atoms with Crippen LogP contribution in [-0.4, -0.2) is 15.8 Å². The maximum atomic E-state index is 13.4. The van der Waals surface area contributed by atoms with Gasteiger partial charge >= 0.3 is 0 Å². The van der Waals surface area contributed by atoms with Gasteiger partial charge in [0.1, 0.15) is 17.7 Å². The van der Waals surface area contributed by atoms with E-state index in [1.807, 2.05) is 27.1 Å². The van der Waals surface area contributed by atoms with Crippen LogP contribution >= 0.6 is 0 Å². The van der Waals surface area contributed by atoms with Gasteiger partial charge in [-0.05, 0) is 25.0 Å². The number of rotatable bonds is 5. The van der Waals surface area contributed by atoms with Crippen molar-refractivity contribution in [2.75, 3.05) is 0 Å². The quantitative estimate of drug-likeness (QED) is 0.914. The maximum Gasteiger partial charge on any atom is 0.142 e. The lowest BCUT2D eigenvalue weighted by Crippen LogP contribution is -2.31. The van der Waals surface area contributed by atoms with Crippen LogP contribution in [0.4, 0.5) is 4.39 Å². The van der Waals surface area contributed by atoms with E-state index in [1.54, 1.807) is 16.9 Å². The van der Waals surface area contributed by atoms with Gasteiger partial charge < -0.3 is 10.5 Å². The van der Waals surface area contributed by atoms with Crippen molar-refractivity contribution in [3.05, 3.63) is 47.5 Å². The van der Waals surface area contributed by atoms with E-state index in [0.717, 1.165) is 17.5 Å². The standard InChI is InChI=1S/C15H20FN3O/c1-4-13(17)15(11-8-18-19(3)9-11)20-14-7-12(16)6-5-10(14)2/h5-9,13,15H,4,17H2,1-3H3. The first-order valence-electron chi connectivity index (χ1n) is 6.68. The van der Waals surface area contributed by atoms with Gasteiger partial charge in [-0.3, -0.25) is 4.68 Å². The molecule has 0 radical (unpaired) electrons. The molecule has 2 unspecified atom stereocenters. The summed E-state index contributed by atoms with van der Waals surface area (Å²) in [5.41, 5.74) is 7.91. The van der Waals surface area contributed by atoms with E-state index in [2.05, 4.69) is 5.10 Å². The van der Waals surface area contributed by atoms with Crippen LogP contribution in [0.25, 0.3) is 0 Å². The largest absolute Gasteiger partial charge is 0.484 e. The molecule has 0 spiro atoms. The number of halogens is 1. The second-order valence-electron chi connectivity index (χ2n) is 4.97. The Balaban J connectivity index is 2.30. The predicted molar refractivity (Wildman–Crippen MR) is 76.0 cm³/mol. The topological polar surface area (TPSA) is 53.1 Å². The molecule has 0 saturated carbocycles. The van der Waals surface area contributed by atoms with Crippen LogP contribution < -0.4 is 10.5 Å². The molecule has 2 rings (SSSR count). The van der Waals surface area contributed by atoms with Gasteiger partial charge in [-0.15, -0.1) is 0 Å². The zero-order chi connectivity index (χ0) is 14.7. The molecule has 2 aromatic rings. The molecule has 20 heavy (non-hydrogen) atoms. The fraction of sp³-hybridized carbons (Fsp3) is 0.400. The highest BCUT2D eigenvalue weighted by molar-refractivity contribution is 5.33. The van der Waals surface area contributed by atoms with Crippen LogP contribution in [0.5, 0.6) is 5.75 Å². The van der Waals surface area contributed by atoms with Crippen LogP contribution in [-0.2, 0) is 7.05 Å². The number of benzene rings is 1. The van der Waals surface area contributed by atoms with E-state index >= 15 is 0 Å². The van der Waals surface area contributed by atoms with Crippen molar-refractivity contribution in [1.29, 1.82) is 0 Å². The predicted octanol–water partition coefficient (Wildman–Crippen LogP) is 2.73. The Morgan fingerprint density at radius 1 is 1.45 bits per heavy atom. The molecule has 0 aliphatic rings. The highest BCUT2D eigenvalue weighted by atomic mass is 19.1. The minimum Gasteiger partial charge on any atom is -0.484 e. The summed E-state index contributed by atoms with van der Waals surface area (Å²) in [7, 11) is 1.84. The summed E-state index contributed by atoms with van der Waals surface area (Å²) in [6.07, 6.45) is 4.02. The molecular formula is C15H20FN3O. The van der Waals surface area contributed by atoms with Gasteiger partial charge in [0.05, 0.1) is 6.20 Å². The van der Waals surface area contributed by atoms with Gasteiger partial charge in [-0.2, -0.15) is 5.10 Å². The van der Waals surface area contributed by atoms with E-state index in [4.69, 9.17) is 10.5 Å². The molecule has 1 heterocycles. The Hall–Kier alpha value is -1.88. The van der Waals surface area contributed by atoms with E-state index in [9.17, 15) is 4.39 Å². The van der Waals surface area contributed by atoms with Gasteiger partial charge in [-0.1, -0.05) is 13.0 Å². The van der Waals surface area contributed by atoms with Crippen LogP contribution in [0, 0.1) is 12.7 Å². The molecule has 2 atom stereocenters. The molecule has 0 amide bonds. The van der Waals surface area contributed by atoms with Crippen molar-refractivity contribution in [3.63, 3.8) is 0 Å². The molecule has 1 aromatic heterocycles. The minimum absolute atomic E-state index is 0.179. The second-order valence-corrected chi connectivity index (χ2v) is 4.97. The van der Waals surface area contributed by atoms with Gasteiger partial charge in [0, 0.05) is 30.9 Å². The molecule has 2 N–H and O–H groups in total. The third kappa shape index (κ3) is 3.17. The van der Waals surface area contributed by atoms with Crippen molar-refractivity contribution >= 4 is 0 Å². The van der Waals surface area contributed by atoms with E-state index in [0.29, 0.717) is 5.75 Å². The van der Waals surface area contributed by atoms with Crippen LogP contribution in [0.2, 0.25) is 0 Å². The average molecular weight is 277 g/mol. The van der Waals surface area contributed by atoms with Crippen LogP contribution in [0.15, 0.2) is 30.6 Å². The number of nitrogens with zero attached hydrogens (tertiary/aromatic N) is 2. The number of hydrogen-bond acceptors (Lipinski definition) is 3. The lowest BCUT2D eigenvalue weighted by molar-refractivity contribution is 0.169. The molecule has 4 nitrogen and oxygen atoms in total. The lowest BCUT2D eigenvalue weighted by Gasteiger charge is -2.24. The molecule has 5 heteroatoms. The Kier molecular flexibility index (Phi) is 4.39. The first-order chi connectivity index (χ1) is 9.51. The van der Waals surface area contributed by atoms with Gasteiger partial charge in [0.25, 0.3) is 0 Å². The average Bonchev–Trinajstić information content (AvgIpc) is 2.85. The minimum atomic E-state index is -0.339. The monoisotopic (exact) mass is 277 g/mol. The number of nitrogens with two attached hydrogens (primary N) is 1. The third-order valence-corrected chi connectivity index (χ3v) is 3.32. The molecule has 0 fully saturated rings. The van der Waals surface area contributed by atoms with Gasteiger partial charge in [0.2, 0.25) is 0 Å². The van der Waals surface area contributed by atoms with E-state index < -0.39 is 0 Å². The first-order valence-corrected chi connectivity index (χ1v) is 6.68. The summed E-state index contributed by atoms with van der Waals surface area (Å²) in [6, 6.07) is 4.33. The fourth-order valence-corrected chi connectivity index (χ4v) is 2.04. The third-order valence-electron chi connectivity index (χ3n) is 3.32. The molecular weight excluding hydrogens is 257 g/mol. The highest BCUT2D eigenvalue weighted by Crippen LogP contribution is 2.28. The van der Waals surface area contributed by atoms with Crippen molar-refractivity contribution in [1.82, 2.24) is 9.78 Å². The Morgan fingerprint density at radius 3 is 2.80 bits per heavy atom. The highest BCUT2D eigenvalue weighted by Gasteiger charge is 2.22. The van der Waals surface area contributed by atoms with Crippen molar-refractivity contribution in [3.8, 4) is 5.75 Å². The van der Waals surface area contributed by atoms with Crippen molar-refractivity contribution in [2.24, 2.45) is 12.8 Å². The summed E-state index contributed by atoms with van der Waals surface area (Å²) in [4.78, 5) is 0. The zero-order valence-electron chi connectivity index (χ0n) is 12.0. The smallest absolute Gasteiger partial charge is 0.142 e. The summed E-state index contributed by atoms with van der Waals surface area (Å²) in [5.74, 6) is 0.198. The maximum absolute atomic E-state index is 13.4. The number of hydrogen-bond donors (Lipinski definition) is 1. The van der Waals surface area contributed by atoms with E-state index in [1.165, 1.54) is 12.1 Å². The summed E-state index contributed by atoms with van der Waals surface area (Å²) >= 11 is 0. The second kappa shape index (κ2) is 6.05. The van der Waals surface area contributed by atoms with Gasteiger partial charge in [-0.25, -0.2) is 4.39 Å². The normalized spacial score (nSPS) is 14.1. The molecule has 1 aromatic carbocycles. The summed E-state index contributed by atoms with van der Waals surface area (Å²) < 4.78 is 21.0. The molecule has 0 saturated heterocycles.